The van der Waals surface area contributed by atoms with Gasteiger partial charge in [-0.2, -0.15) is 5.10 Å². The van der Waals surface area contributed by atoms with Crippen LogP contribution in [-0.2, 0) is 19.4 Å². The molecule has 0 fully saturated rings. The third-order valence-electron chi connectivity index (χ3n) is 5.24. The van der Waals surface area contributed by atoms with Crippen molar-refractivity contribution in [2.24, 2.45) is 0 Å². The van der Waals surface area contributed by atoms with Crippen molar-refractivity contribution in [3.8, 4) is 22.6 Å². The van der Waals surface area contributed by atoms with E-state index in [0.29, 0.717) is 18.3 Å². The van der Waals surface area contributed by atoms with Crippen molar-refractivity contribution in [2.45, 2.75) is 39.3 Å². The molecule has 0 spiro atoms. The Hall–Kier alpha value is -3.55. The molecule has 3 heterocycles. The molecule has 0 radical (unpaired) electrons. The Balaban J connectivity index is 1.50. The van der Waals surface area contributed by atoms with Gasteiger partial charge in [0.1, 0.15) is 11.4 Å². The average Bonchev–Trinajstić information content (AvgIpc) is 3.37. The van der Waals surface area contributed by atoms with Gasteiger partial charge in [0, 0.05) is 23.4 Å². The maximum Gasteiger partial charge on any atom is 0.221 e. The minimum Gasteiger partial charge on any atom is -0.368 e. The fourth-order valence-corrected chi connectivity index (χ4v) is 3.80. The van der Waals surface area contributed by atoms with Crippen molar-refractivity contribution in [2.75, 3.05) is 5.73 Å². The highest BCUT2D eigenvalue weighted by molar-refractivity contribution is 5.76. The first-order valence-corrected chi connectivity index (χ1v) is 9.77. The Morgan fingerprint density at radius 3 is 2.72 bits per heavy atom. The van der Waals surface area contributed by atoms with E-state index in [1.54, 1.807) is 4.68 Å². The largest absolute Gasteiger partial charge is 0.368 e. The number of rotatable bonds is 4. The SMILES string of the molecule is CC(C)n1ccc(Cn2cc(-c3nc(N)nc4c3CCc3ccccc3-4)nn2)n1. The number of aryl methyl sites for hydroxylation is 1. The van der Waals surface area contributed by atoms with Crippen molar-refractivity contribution in [1.82, 2.24) is 34.7 Å². The lowest BCUT2D eigenvalue weighted by Crippen LogP contribution is -2.11. The van der Waals surface area contributed by atoms with Gasteiger partial charge in [0.05, 0.1) is 24.1 Å². The monoisotopic (exact) mass is 386 g/mol. The highest BCUT2D eigenvalue weighted by Crippen LogP contribution is 2.36. The van der Waals surface area contributed by atoms with Crippen LogP contribution in [0.4, 0.5) is 5.95 Å². The van der Waals surface area contributed by atoms with E-state index in [-0.39, 0.29) is 5.95 Å². The molecule has 8 heteroatoms. The van der Waals surface area contributed by atoms with E-state index in [9.17, 15) is 0 Å². The summed E-state index contributed by atoms with van der Waals surface area (Å²) in [6.45, 7) is 4.76. The fraction of sp³-hybridized carbons (Fsp3) is 0.286. The normalized spacial score (nSPS) is 12.8. The molecule has 0 atom stereocenters. The number of aromatic nitrogens is 7. The number of fused-ring (bicyclic) bond motifs is 3. The number of nitrogens with two attached hydrogens (primary N) is 1. The predicted molar refractivity (Wildman–Crippen MR) is 110 cm³/mol. The lowest BCUT2D eigenvalue weighted by Gasteiger charge is -2.20. The minimum atomic E-state index is 0.251. The first-order valence-electron chi connectivity index (χ1n) is 9.77. The molecule has 0 unspecified atom stereocenters. The van der Waals surface area contributed by atoms with Gasteiger partial charge in [-0.05, 0) is 38.3 Å². The summed E-state index contributed by atoms with van der Waals surface area (Å²) < 4.78 is 3.72. The maximum absolute atomic E-state index is 6.05. The first kappa shape index (κ1) is 17.5. The minimum absolute atomic E-state index is 0.251. The van der Waals surface area contributed by atoms with Gasteiger partial charge in [-0.1, -0.05) is 29.5 Å². The molecule has 0 aliphatic heterocycles. The average molecular weight is 386 g/mol. The molecular formula is C21H22N8. The molecule has 0 amide bonds. The molecule has 29 heavy (non-hydrogen) atoms. The van der Waals surface area contributed by atoms with E-state index in [2.05, 4.69) is 57.4 Å². The Kier molecular flexibility index (Phi) is 4.12. The van der Waals surface area contributed by atoms with Crippen molar-refractivity contribution >= 4 is 5.95 Å². The van der Waals surface area contributed by atoms with E-state index < -0.39 is 0 Å². The van der Waals surface area contributed by atoms with E-state index in [0.717, 1.165) is 41.1 Å². The molecule has 1 aliphatic rings. The van der Waals surface area contributed by atoms with Gasteiger partial charge in [-0.3, -0.25) is 4.68 Å². The molecule has 0 bridgehead atoms. The quantitative estimate of drug-likeness (QED) is 0.579. The number of hydrogen-bond acceptors (Lipinski definition) is 6. The third kappa shape index (κ3) is 3.16. The second-order valence-electron chi connectivity index (χ2n) is 7.60. The second kappa shape index (κ2) is 6.80. The first-order chi connectivity index (χ1) is 14.1. The molecule has 8 nitrogen and oxygen atoms in total. The van der Waals surface area contributed by atoms with Crippen LogP contribution in [0.1, 0.15) is 36.7 Å². The summed E-state index contributed by atoms with van der Waals surface area (Å²) >= 11 is 0. The smallest absolute Gasteiger partial charge is 0.221 e. The molecule has 2 N–H and O–H groups in total. The second-order valence-corrected chi connectivity index (χ2v) is 7.60. The van der Waals surface area contributed by atoms with E-state index >= 15 is 0 Å². The highest BCUT2D eigenvalue weighted by Gasteiger charge is 2.23. The van der Waals surface area contributed by atoms with Crippen LogP contribution < -0.4 is 5.73 Å². The zero-order valence-electron chi connectivity index (χ0n) is 16.4. The molecule has 5 rings (SSSR count). The maximum atomic E-state index is 6.05. The fourth-order valence-electron chi connectivity index (χ4n) is 3.80. The Morgan fingerprint density at radius 1 is 1.07 bits per heavy atom. The lowest BCUT2D eigenvalue weighted by molar-refractivity contribution is 0.519. The van der Waals surface area contributed by atoms with Gasteiger partial charge in [0.2, 0.25) is 5.95 Å². The Bertz CT molecular complexity index is 1190. The molecule has 3 aromatic heterocycles. The molecule has 1 aromatic carbocycles. The number of nitrogens with zero attached hydrogens (tertiary/aromatic N) is 7. The number of anilines is 1. The van der Waals surface area contributed by atoms with Crippen molar-refractivity contribution in [1.29, 1.82) is 0 Å². The van der Waals surface area contributed by atoms with Crippen LogP contribution in [0, 0.1) is 0 Å². The summed E-state index contributed by atoms with van der Waals surface area (Å²) in [5, 5.41) is 13.2. The zero-order valence-corrected chi connectivity index (χ0v) is 16.4. The van der Waals surface area contributed by atoms with Crippen LogP contribution in [0.15, 0.2) is 42.7 Å². The van der Waals surface area contributed by atoms with Crippen LogP contribution in [-0.4, -0.2) is 34.7 Å². The van der Waals surface area contributed by atoms with Crippen molar-refractivity contribution in [3.05, 3.63) is 59.5 Å². The molecule has 1 aliphatic carbocycles. The van der Waals surface area contributed by atoms with Crippen LogP contribution >= 0.6 is 0 Å². The van der Waals surface area contributed by atoms with E-state index in [4.69, 9.17) is 5.73 Å². The van der Waals surface area contributed by atoms with Crippen LogP contribution in [0.3, 0.4) is 0 Å². The summed E-state index contributed by atoms with van der Waals surface area (Å²) in [7, 11) is 0. The van der Waals surface area contributed by atoms with Crippen molar-refractivity contribution in [3.63, 3.8) is 0 Å². The zero-order chi connectivity index (χ0) is 20.0. The highest BCUT2D eigenvalue weighted by atomic mass is 15.4. The standard InChI is InChI=1S/C21H22N8/c1-13(2)29-10-9-15(26-29)11-28-12-18(25-27-28)20-17-8-7-14-5-3-4-6-16(14)19(17)23-21(22)24-20/h3-6,9-10,12-13H,7-8,11H2,1-2H3,(H2,22,23,24). The van der Waals surface area contributed by atoms with Gasteiger partial charge in [0.15, 0.2) is 0 Å². The Labute approximate surface area is 168 Å². The number of nitrogen functional groups attached to an aromatic ring is 1. The summed E-state index contributed by atoms with van der Waals surface area (Å²) in [4.78, 5) is 9.04. The van der Waals surface area contributed by atoms with Crippen molar-refractivity contribution < 1.29 is 0 Å². The molecule has 0 saturated heterocycles. The van der Waals surface area contributed by atoms with Gasteiger partial charge in [0.25, 0.3) is 0 Å². The number of hydrogen-bond donors (Lipinski definition) is 1. The van der Waals surface area contributed by atoms with Gasteiger partial charge >= 0.3 is 0 Å². The molecule has 0 saturated carbocycles. The summed E-state index contributed by atoms with van der Waals surface area (Å²) in [5.41, 5.74) is 12.8. The lowest BCUT2D eigenvalue weighted by atomic mass is 9.88. The molecule has 146 valence electrons. The van der Waals surface area contributed by atoms with Gasteiger partial charge in [-0.25, -0.2) is 14.6 Å². The van der Waals surface area contributed by atoms with Gasteiger partial charge < -0.3 is 5.73 Å². The molecule has 4 aromatic rings. The third-order valence-corrected chi connectivity index (χ3v) is 5.24. The summed E-state index contributed by atoms with van der Waals surface area (Å²) in [5.74, 6) is 0.251. The number of benzene rings is 1. The predicted octanol–water partition coefficient (Wildman–Crippen LogP) is 2.91. The van der Waals surface area contributed by atoms with Crippen LogP contribution in [0.25, 0.3) is 22.6 Å². The Morgan fingerprint density at radius 2 is 1.90 bits per heavy atom. The van der Waals surface area contributed by atoms with Crippen LogP contribution in [0.5, 0.6) is 0 Å². The van der Waals surface area contributed by atoms with E-state index in [1.807, 2.05) is 29.2 Å². The summed E-state index contributed by atoms with van der Waals surface area (Å²) in [6, 6.07) is 10.6. The summed E-state index contributed by atoms with van der Waals surface area (Å²) in [6.07, 6.45) is 5.69. The van der Waals surface area contributed by atoms with Crippen LogP contribution in [0.2, 0.25) is 0 Å². The van der Waals surface area contributed by atoms with Gasteiger partial charge in [-0.15, -0.1) is 5.10 Å². The molecular weight excluding hydrogens is 364 g/mol. The topological polar surface area (TPSA) is 100 Å². The van der Waals surface area contributed by atoms with E-state index in [1.165, 1.54) is 5.56 Å².